The Kier molecular flexibility index (Phi) is 3.24. The number of imidazole rings is 1. The molecule has 0 bridgehead atoms. The zero-order valence-electron chi connectivity index (χ0n) is 9.49. The molecule has 1 fully saturated rings. The number of carbonyl (C=O) groups excluding carboxylic acids is 1. The maximum atomic E-state index is 11.8. The minimum Gasteiger partial charge on any atom is -0.348 e. The molecule has 2 rings (SSSR count). The van der Waals surface area contributed by atoms with Crippen molar-refractivity contribution in [2.45, 2.75) is 44.7 Å². The molecular weight excluding hydrogens is 204 g/mol. The first-order valence-corrected chi connectivity index (χ1v) is 5.73. The Bertz CT molecular complexity index is 366. The summed E-state index contributed by atoms with van der Waals surface area (Å²) >= 11 is 0. The smallest absolute Gasteiger partial charge is 0.269 e. The highest BCUT2D eigenvalue weighted by molar-refractivity contribution is 5.92. The molecule has 1 saturated carbocycles. The van der Waals surface area contributed by atoms with Crippen LogP contribution in [-0.2, 0) is 0 Å². The molecule has 1 aliphatic rings. The van der Waals surface area contributed by atoms with Gasteiger partial charge >= 0.3 is 0 Å². The molecule has 0 spiro atoms. The SMILES string of the molecule is Cc1ncc(C(=O)N[C@H]2CC[C@H](N)CC2)[nH]1. The summed E-state index contributed by atoms with van der Waals surface area (Å²) in [6.45, 7) is 1.83. The summed E-state index contributed by atoms with van der Waals surface area (Å²) in [5.41, 5.74) is 6.35. The number of aromatic nitrogens is 2. The van der Waals surface area contributed by atoms with Gasteiger partial charge in [-0.3, -0.25) is 4.79 Å². The molecule has 1 aromatic heterocycles. The molecule has 0 aromatic carbocycles. The van der Waals surface area contributed by atoms with Gasteiger partial charge in [0.1, 0.15) is 11.5 Å². The molecule has 5 heteroatoms. The first-order valence-electron chi connectivity index (χ1n) is 5.73. The second kappa shape index (κ2) is 4.65. The maximum absolute atomic E-state index is 11.8. The van der Waals surface area contributed by atoms with Crippen molar-refractivity contribution in [3.05, 3.63) is 17.7 Å². The van der Waals surface area contributed by atoms with Crippen molar-refractivity contribution in [3.8, 4) is 0 Å². The number of nitrogens with two attached hydrogens (primary N) is 1. The van der Waals surface area contributed by atoms with Gasteiger partial charge in [0.25, 0.3) is 5.91 Å². The van der Waals surface area contributed by atoms with Crippen LogP contribution in [0.2, 0.25) is 0 Å². The van der Waals surface area contributed by atoms with Crippen molar-refractivity contribution in [2.24, 2.45) is 5.73 Å². The highest BCUT2D eigenvalue weighted by atomic mass is 16.1. The van der Waals surface area contributed by atoms with E-state index in [9.17, 15) is 4.79 Å². The summed E-state index contributed by atoms with van der Waals surface area (Å²) in [6.07, 6.45) is 5.50. The van der Waals surface area contributed by atoms with Crippen LogP contribution in [0.15, 0.2) is 6.20 Å². The van der Waals surface area contributed by atoms with Crippen LogP contribution in [0.4, 0.5) is 0 Å². The van der Waals surface area contributed by atoms with Gasteiger partial charge in [0.15, 0.2) is 0 Å². The molecule has 0 unspecified atom stereocenters. The third-order valence-electron chi connectivity index (χ3n) is 3.05. The van der Waals surface area contributed by atoms with Gasteiger partial charge in [-0.2, -0.15) is 0 Å². The van der Waals surface area contributed by atoms with Gasteiger partial charge < -0.3 is 16.0 Å². The minimum absolute atomic E-state index is 0.0685. The maximum Gasteiger partial charge on any atom is 0.269 e. The molecule has 1 aliphatic carbocycles. The van der Waals surface area contributed by atoms with E-state index in [1.54, 1.807) is 6.20 Å². The first kappa shape index (κ1) is 11.1. The van der Waals surface area contributed by atoms with Crippen molar-refractivity contribution in [2.75, 3.05) is 0 Å². The van der Waals surface area contributed by atoms with Crippen molar-refractivity contribution in [1.29, 1.82) is 0 Å². The molecule has 0 radical (unpaired) electrons. The topological polar surface area (TPSA) is 83.8 Å². The number of hydrogen-bond acceptors (Lipinski definition) is 3. The van der Waals surface area contributed by atoms with Crippen molar-refractivity contribution in [1.82, 2.24) is 15.3 Å². The summed E-state index contributed by atoms with van der Waals surface area (Å²) < 4.78 is 0. The predicted molar refractivity (Wildman–Crippen MR) is 61.0 cm³/mol. The lowest BCUT2D eigenvalue weighted by molar-refractivity contribution is 0.0921. The zero-order chi connectivity index (χ0) is 11.5. The second-order valence-corrected chi connectivity index (χ2v) is 4.47. The largest absolute Gasteiger partial charge is 0.348 e. The molecule has 0 atom stereocenters. The van der Waals surface area contributed by atoms with Crippen molar-refractivity contribution >= 4 is 5.91 Å². The average molecular weight is 222 g/mol. The Balaban J connectivity index is 1.88. The molecule has 88 valence electrons. The number of nitrogens with zero attached hydrogens (tertiary/aromatic N) is 1. The van der Waals surface area contributed by atoms with Crippen LogP contribution in [0.25, 0.3) is 0 Å². The molecule has 1 aromatic rings. The van der Waals surface area contributed by atoms with Crippen LogP contribution in [0.3, 0.4) is 0 Å². The quantitative estimate of drug-likeness (QED) is 0.689. The molecule has 0 aliphatic heterocycles. The molecule has 16 heavy (non-hydrogen) atoms. The van der Waals surface area contributed by atoms with Gasteiger partial charge in [0, 0.05) is 12.1 Å². The number of nitrogens with one attached hydrogen (secondary N) is 2. The summed E-state index contributed by atoms with van der Waals surface area (Å²) in [6, 6.07) is 0.568. The number of aryl methyl sites for hydroxylation is 1. The van der Waals surface area contributed by atoms with Gasteiger partial charge in [-0.25, -0.2) is 4.98 Å². The highest BCUT2D eigenvalue weighted by Crippen LogP contribution is 2.17. The van der Waals surface area contributed by atoms with E-state index in [1.165, 1.54) is 0 Å². The van der Waals surface area contributed by atoms with Gasteiger partial charge in [0.2, 0.25) is 0 Å². The van der Waals surface area contributed by atoms with E-state index >= 15 is 0 Å². The van der Waals surface area contributed by atoms with Crippen LogP contribution in [0.5, 0.6) is 0 Å². The first-order chi connectivity index (χ1) is 7.65. The fraction of sp³-hybridized carbons (Fsp3) is 0.636. The van der Waals surface area contributed by atoms with E-state index in [2.05, 4.69) is 15.3 Å². The normalized spacial score (nSPS) is 25.4. The Labute approximate surface area is 94.8 Å². The molecule has 1 amide bonds. The fourth-order valence-electron chi connectivity index (χ4n) is 2.06. The van der Waals surface area contributed by atoms with E-state index in [0.717, 1.165) is 31.5 Å². The number of rotatable bonds is 2. The fourth-order valence-corrected chi connectivity index (χ4v) is 2.06. The number of H-pyrrole nitrogens is 1. The number of amides is 1. The molecular formula is C11H18N4O. The summed E-state index contributed by atoms with van der Waals surface area (Å²) in [5.74, 6) is 0.692. The lowest BCUT2D eigenvalue weighted by Crippen LogP contribution is -2.40. The molecule has 0 saturated heterocycles. The van der Waals surface area contributed by atoms with Crippen LogP contribution in [0.1, 0.15) is 42.0 Å². The third-order valence-corrected chi connectivity index (χ3v) is 3.05. The second-order valence-electron chi connectivity index (χ2n) is 4.47. The highest BCUT2D eigenvalue weighted by Gasteiger charge is 2.20. The Morgan fingerprint density at radius 2 is 2.19 bits per heavy atom. The third kappa shape index (κ3) is 2.61. The van der Waals surface area contributed by atoms with E-state index in [1.807, 2.05) is 6.92 Å². The molecule has 5 nitrogen and oxygen atoms in total. The minimum atomic E-state index is -0.0685. The van der Waals surface area contributed by atoms with E-state index in [-0.39, 0.29) is 11.9 Å². The van der Waals surface area contributed by atoms with E-state index in [4.69, 9.17) is 5.73 Å². The number of hydrogen-bond donors (Lipinski definition) is 3. The van der Waals surface area contributed by atoms with Gasteiger partial charge in [0.05, 0.1) is 6.20 Å². The van der Waals surface area contributed by atoms with E-state index in [0.29, 0.717) is 11.7 Å². The molecule has 1 heterocycles. The van der Waals surface area contributed by atoms with E-state index < -0.39 is 0 Å². The van der Waals surface area contributed by atoms with Gasteiger partial charge in [-0.1, -0.05) is 0 Å². The monoisotopic (exact) mass is 222 g/mol. The summed E-state index contributed by atoms with van der Waals surface area (Å²) in [7, 11) is 0. The van der Waals surface area contributed by atoms with Gasteiger partial charge in [-0.15, -0.1) is 0 Å². The van der Waals surface area contributed by atoms with Crippen LogP contribution in [-0.4, -0.2) is 28.0 Å². The predicted octanol–water partition coefficient (Wildman–Crippen LogP) is 0.718. The average Bonchev–Trinajstić information content (AvgIpc) is 2.68. The standard InChI is InChI=1S/C11H18N4O/c1-7-13-6-10(14-7)11(16)15-9-4-2-8(12)3-5-9/h6,8-9H,2-5,12H2,1H3,(H,13,14)(H,15,16)/t8-,9-. The number of aromatic amines is 1. The lowest BCUT2D eigenvalue weighted by Gasteiger charge is -2.26. The van der Waals surface area contributed by atoms with Crippen LogP contribution in [0, 0.1) is 6.92 Å². The summed E-state index contributed by atoms with van der Waals surface area (Å²) in [5, 5.41) is 3.00. The van der Waals surface area contributed by atoms with Gasteiger partial charge in [-0.05, 0) is 32.6 Å². The van der Waals surface area contributed by atoms with Crippen molar-refractivity contribution < 1.29 is 4.79 Å². The Hall–Kier alpha value is -1.36. The summed E-state index contributed by atoms with van der Waals surface area (Å²) in [4.78, 5) is 18.7. The van der Waals surface area contributed by atoms with Crippen LogP contribution < -0.4 is 11.1 Å². The zero-order valence-corrected chi connectivity index (χ0v) is 9.49. The molecule has 4 N–H and O–H groups in total. The Morgan fingerprint density at radius 1 is 1.50 bits per heavy atom. The number of carbonyl (C=O) groups is 1. The van der Waals surface area contributed by atoms with Crippen molar-refractivity contribution in [3.63, 3.8) is 0 Å². The Morgan fingerprint density at radius 3 is 2.75 bits per heavy atom. The van der Waals surface area contributed by atoms with Crippen LogP contribution >= 0.6 is 0 Å². The lowest BCUT2D eigenvalue weighted by atomic mass is 9.92.